The largest absolute Gasteiger partial charge is 0.449 e. The van der Waals surface area contributed by atoms with Crippen LogP contribution in [0.25, 0.3) is 17.1 Å². The average molecular weight is 489 g/mol. The van der Waals surface area contributed by atoms with Gasteiger partial charge in [0, 0.05) is 30.4 Å². The quantitative estimate of drug-likeness (QED) is 0.354. The molecular formula is C24H20N6O4S. The van der Waals surface area contributed by atoms with Gasteiger partial charge in [-0.05, 0) is 55.5 Å². The van der Waals surface area contributed by atoms with E-state index >= 15 is 0 Å². The van der Waals surface area contributed by atoms with Gasteiger partial charge in [-0.1, -0.05) is 12.1 Å². The van der Waals surface area contributed by atoms with Crippen LogP contribution in [-0.4, -0.2) is 33.4 Å². The number of hydrogen-bond acceptors (Lipinski definition) is 8. The number of oxazole rings is 1. The van der Waals surface area contributed by atoms with Gasteiger partial charge in [0.1, 0.15) is 17.7 Å². The number of aryl methyl sites for hydroxylation is 2. The van der Waals surface area contributed by atoms with Crippen molar-refractivity contribution in [1.29, 1.82) is 0 Å². The first kappa shape index (κ1) is 22.3. The summed E-state index contributed by atoms with van der Waals surface area (Å²) in [7, 11) is -3.77. The van der Waals surface area contributed by atoms with Crippen LogP contribution in [0.4, 0.5) is 5.69 Å². The molecule has 3 aromatic heterocycles. The van der Waals surface area contributed by atoms with Crippen LogP contribution < -0.4 is 9.46 Å². The van der Waals surface area contributed by atoms with E-state index in [9.17, 15) is 8.42 Å². The molecule has 0 saturated carbocycles. The Morgan fingerprint density at radius 2 is 1.69 bits per heavy atom. The predicted octanol–water partition coefficient (Wildman–Crippen LogP) is 4.53. The maximum atomic E-state index is 12.8. The topological polar surface area (TPSA) is 125 Å². The molecule has 5 aromatic rings. The minimum Gasteiger partial charge on any atom is -0.449 e. The molecule has 2 aromatic carbocycles. The van der Waals surface area contributed by atoms with Crippen LogP contribution >= 0.6 is 0 Å². The lowest BCUT2D eigenvalue weighted by molar-refractivity contribution is 0.454. The summed E-state index contributed by atoms with van der Waals surface area (Å²) in [5, 5.41) is 12.5. The molecule has 10 nitrogen and oxygen atoms in total. The standard InChI is InChI=1S/C24H20N6O4S/c1-16-13-14-30(28-16)23-11-12-24(27-26-23)34-20-7-5-19(6-8-20)29-35(31,32)21-9-3-18(4-10-21)22-15-33-17(2)25-22/h3-15,29H,1-2H3. The molecule has 0 aliphatic rings. The molecule has 0 aliphatic heterocycles. The number of anilines is 1. The third-order valence-electron chi connectivity index (χ3n) is 4.99. The monoisotopic (exact) mass is 488 g/mol. The van der Waals surface area contributed by atoms with Gasteiger partial charge in [-0.3, -0.25) is 4.72 Å². The highest BCUT2D eigenvalue weighted by atomic mass is 32.2. The molecule has 1 N–H and O–H groups in total. The molecule has 35 heavy (non-hydrogen) atoms. The molecule has 0 spiro atoms. The van der Waals surface area contributed by atoms with E-state index in [1.54, 1.807) is 66.3 Å². The lowest BCUT2D eigenvalue weighted by Crippen LogP contribution is -2.12. The van der Waals surface area contributed by atoms with E-state index in [-0.39, 0.29) is 4.90 Å². The SMILES string of the molecule is Cc1ccn(-c2ccc(Oc3ccc(NS(=O)(=O)c4ccc(-c5coc(C)n5)cc4)cc3)nn2)n1. The summed E-state index contributed by atoms with van der Waals surface area (Å²) in [5.41, 5.74) is 2.68. The fourth-order valence-corrected chi connectivity index (χ4v) is 4.32. The number of hydrogen-bond donors (Lipinski definition) is 1. The van der Waals surface area contributed by atoms with Crippen LogP contribution in [-0.2, 0) is 10.0 Å². The number of aromatic nitrogens is 5. The van der Waals surface area contributed by atoms with E-state index in [4.69, 9.17) is 9.15 Å². The third-order valence-corrected chi connectivity index (χ3v) is 6.39. The van der Waals surface area contributed by atoms with Gasteiger partial charge in [0.15, 0.2) is 11.7 Å². The molecule has 5 rings (SSSR count). The third kappa shape index (κ3) is 5.04. The van der Waals surface area contributed by atoms with E-state index in [0.717, 1.165) is 11.3 Å². The van der Waals surface area contributed by atoms with Crippen LogP contribution in [0.3, 0.4) is 0 Å². The normalized spacial score (nSPS) is 11.4. The van der Waals surface area contributed by atoms with Gasteiger partial charge >= 0.3 is 0 Å². The highest BCUT2D eigenvalue weighted by Gasteiger charge is 2.15. The highest BCUT2D eigenvalue weighted by molar-refractivity contribution is 7.92. The summed E-state index contributed by atoms with van der Waals surface area (Å²) in [5.74, 6) is 1.89. The molecule has 0 radical (unpaired) electrons. The summed E-state index contributed by atoms with van der Waals surface area (Å²) >= 11 is 0. The van der Waals surface area contributed by atoms with Gasteiger partial charge in [-0.2, -0.15) is 5.10 Å². The van der Waals surface area contributed by atoms with Crippen molar-refractivity contribution in [2.75, 3.05) is 4.72 Å². The van der Waals surface area contributed by atoms with Crippen molar-refractivity contribution in [2.45, 2.75) is 18.7 Å². The van der Waals surface area contributed by atoms with E-state index < -0.39 is 10.0 Å². The zero-order valence-electron chi connectivity index (χ0n) is 18.8. The van der Waals surface area contributed by atoms with Crippen molar-refractivity contribution in [3.05, 3.63) is 90.8 Å². The smallest absolute Gasteiger partial charge is 0.261 e. The van der Waals surface area contributed by atoms with Crippen molar-refractivity contribution >= 4 is 15.7 Å². The van der Waals surface area contributed by atoms with E-state index in [0.29, 0.717) is 34.7 Å². The summed E-state index contributed by atoms with van der Waals surface area (Å²) in [6.45, 7) is 3.64. The molecule has 11 heteroatoms. The molecule has 3 heterocycles. The maximum absolute atomic E-state index is 12.8. The molecule has 0 amide bonds. The highest BCUT2D eigenvalue weighted by Crippen LogP contribution is 2.25. The van der Waals surface area contributed by atoms with Gasteiger partial charge in [0.05, 0.1) is 10.6 Å². The van der Waals surface area contributed by atoms with Crippen molar-refractivity contribution in [3.63, 3.8) is 0 Å². The zero-order chi connectivity index (χ0) is 24.4. The Hall–Kier alpha value is -4.51. The Bertz CT molecular complexity index is 1560. The van der Waals surface area contributed by atoms with Crippen LogP contribution in [0, 0.1) is 13.8 Å². The maximum Gasteiger partial charge on any atom is 0.261 e. The van der Waals surface area contributed by atoms with Gasteiger partial charge in [-0.25, -0.2) is 18.1 Å². The van der Waals surface area contributed by atoms with Crippen LogP contribution in [0.15, 0.2) is 88.5 Å². The minimum absolute atomic E-state index is 0.129. The summed E-state index contributed by atoms with van der Waals surface area (Å²) in [6, 6.07) is 18.2. The Kier molecular flexibility index (Phi) is 5.75. The van der Waals surface area contributed by atoms with Gasteiger partial charge < -0.3 is 9.15 Å². The Labute approximate surface area is 201 Å². The molecule has 176 valence electrons. The van der Waals surface area contributed by atoms with Crippen molar-refractivity contribution in [1.82, 2.24) is 25.0 Å². The second kappa shape index (κ2) is 9.03. The first-order valence-electron chi connectivity index (χ1n) is 10.6. The lowest BCUT2D eigenvalue weighted by atomic mass is 10.2. The number of nitrogens with one attached hydrogen (secondary N) is 1. The van der Waals surface area contributed by atoms with Crippen molar-refractivity contribution in [2.24, 2.45) is 0 Å². The first-order chi connectivity index (χ1) is 16.9. The number of nitrogens with zero attached hydrogens (tertiary/aromatic N) is 5. The first-order valence-corrected chi connectivity index (χ1v) is 12.0. The van der Waals surface area contributed by atoms with Crippen LogP contribution in [0.5, 0.6) is 11.6 Å². The van der Waals surface area contributed by atoms with E-state index in [1.165, 1.54) is 18.4 Å². The molecule has 0 unspecified atom stereocenters. The second-order valence-corrected chi connectivity index (χ2v) is 9.32. The molecule has 0 saturated heterocycles. The van der Waals surface area contributed by atoms with E-state index in [1.807, 2.05) is 13.0 Å². The molecule has 0 atom stereocenters. The fourth-order valence-electron chi connectivity index (χ4n) is 3.26. The average Bonchev–Trinajstić information content (AvgIpc) is 3.49. The summed E-state index contributed by atoms with van der Waals surface area (Å²) in [4.78, 5) is 4.37. The van der Waals surface area contributed by atoms with Crippen LogP contribution in [0.2, 0.25) is 0 Å². The number of benzene rings is 2. The second-order valence-electron chi connectivity index (χ2n) is 7.64. The Balaban J connectivity index is 1.24. The zero-order valence-corrected chi connectivity index (χ0v) is 19.6. The Morgan fingerprint density at radius 3 is 2.29 bits per heavy atom. The Morgan fingerprint density at radius 1 is 0.914 bits per heavy atom. The van der Waals surface area contributed by atoms with Crippen molar-refractivity contribution < 1.29 is 17.6 Å². The molecule has 0 fully saturated rings. The fraction of sp³-hybridized carbons (Fsp3) is 0.0833. The molecular weight excluding hydrogens is 468 g/mol. The number of rotatable bonds is 7. The number of ether oxygens (including phenoxy) is 1. The van der Waals surface area contributed by atoms with Crippen molar-refractivity contribution in [3.8, 4) is 28.7 Å². The minimum atomic E-state index is -3.77. The number of sulfonamides is 1. The van der Waals surface area contributed by atoms with E-state index in [2.05, 4.69) is 25.0 Å². The van der Waals surface area contributed by atoms with Gasteiger partial charge in [0.25, 0.3) is 10.0 Å². The summed E-state index contributed by atoms with van der Waals surface area (Å²) < 4.78 is 40.6. The summed E-state index contributed by atoms with van der Waals surface area (Å²) in [6.07, 6.45) is 3.33. The van der Waals surface area contributed by atoms with Crippen LogP contribution in [0.1, 0.15) is 11.6 Å². The predicted molar refractivity (Wildman–Crippen MR) is 128 cm³/mol. The van der Waals surface area contributed by atoms with Gasteiger partial charge in [0.2, 0.25) is 5.88 Å². The molecule has 0 aliphatic carbocycles. The molecule has 0 bridgehead atoms. The lowest BCUT2D eigenvalue weighted by Gasteiger charge is -2.10. The van der Waals surface area contributed by atoms with Gasteiger partial charge in [-0.15, -0.1) is 10.2 Å².